The zero-order chi connectivity index (χ0) is 17.0. The molecule has 0 radical (unpaired) electrons. The van der Waals surface area contributed by atoms with Crippen LogP contribution >= 0.6 is 0 Å². The van der Waals surface area contributed by atoms with Gasteiger partial charge >= 0.3 is 5.97 Å². The quantitative estimate of drug-likeness (QED) is 0.447. The molecular weight excluding hydrogens is 312 g/mol. The molecule has 5 nitrogen and oxygen atoms in total. The summed E-state index contributed by atoms with van der Waals surface area (Å²) in [5.41, 5.74) is 0.617. The minimum atomic E-state index is -1.79. The molecule has 23 heavy (non-hydrogen) atoms. The number of esters is 1. The maximum atomic E-state index is 12.0. The van der Waals surface area contributed by atoms with Crippen molar-refractivity contribution in [3.8, 4) is 0 Å². The molecule has 5 atom stereocenters. The van der Waals surface area contributed by atoms with E-state index in [1.54, 1.807) is 0 Å². The summed E-state index contributed by atoms with van der Waals surface area (Å²) in [6.45, 7) is 11.8. The fourth-order valence-electron chi connectivity index (χ4n) is 3.22. The monoisotopic (exact) mass is 340 g/mol. The highest BCUT2D eigenvalue weighted by molar-refractivity contribution is 6.74. The van der Waals surface area contributed by atoms with Crippen molar-refractivity contribution >= 4 is 14.3 Å². The van der Waals surface area contributed by atoms with E-state index < -0.39 is 8.32 Å². The second-order valence-electron chi connectivity index (χ2n) is 8.33. The summed E-state index contributed by atoms with van der Waals surface area (Å²) < 4.78 is 23.0. The van der Waals surface area contributed by atoms with Crippen LogP contribution in [0.4, 0.5) is 0 Å². The largest absolute Gasteiger partial charge is 0.466 e. The normalized spacial score (nSPS) is 36.1. The van der Waals surface area contributed by atoms with E-state index in [0.29, 0.717) is 12.2 Å². The Labute approximate surface area is 139 Å². The van der Waals surface area contributed by atoms with Crippen molar-refractivity contribution in [3.63, 3.8) is 0 Å². The minimum Gasteiger partial charge on any atom is -0.466 e. The molecule has 0 bridgehead atoms. The van der Waals surface area contributed by atoms with Crippen molar-refractivity contribution in [2.24, 2.45) is 5.92 Å². The Morgan fingerprint density at radius 1 is 1.35 bits per heavy atom. The van der Waals surface area contributed by atoms with Gasteiger partial charge in [-0.2, -0.15) is 0 Å². The van der Waals surface area contributed by atoms with Crippen LogP contribution in [0.5, 0.6) is 0 Å². The van der Waals surface area contributed by atoms with E-state index >= 15 is 0 Å². The summed E-state index contributed by atoms with van der Waals surface area (Å²) in [4.78, 5) is 12.0. The molecule has 1 aliphatic carbocycles. The van der Waals surface area contributed by atoms with Gasteiger partial charge < -0.3 is 18.6 Å². The molecule has 0 N–H and O–H groups in total. The lowest BCUT2D eigenvalue weighted by atomic mass is 9.85. The highest BCUT2D eigenvalue weighted by atomic mass is 28.4. The number of carbonyl (C=O) groups is 1. The fourth-order valence-corrected chi connectivity index (χ4v) is 4.25. The van der Waals surface area contributed by atoms with E-state index in [9.17, 15) is 4.79 Å². The first kappa shape index (κ1) is 17.1. The van der Waals surface area contributed by atoms with Crippen molar-refractivity contribution in [2.45, 2.75) is 69.7 Å². The van der Waals surface area contributed by atoms with Gasteiger partial charge in [0.2, 0.25) is 0 Å². The van der Waals surface area contributed by atoms with Crippen LogP contribution in [0.25, 0.3) is 0 Å². The Balaban J connectivity index is 1.64. The van der Waals surface area contributed by atoms with Crippen molar-refractivity contribution in [1.29, 1.82) is 0 Å². The molecule has 2 saturated heterocycles. The molecule has 3 rings (SSSR count). The maximum Gasteiger partial charge on any atom is 0.336 e. The van der Waals surface area contributed by atoms with Gasteiger partial charge in [0, 0.05) is 5.92 Å². The van der Waals surface area contributed by atoms with Gasteiger partial charge in [-0.15, -0.1) is 0 Å². The van der Waals surface area contributed by atoms with Gasteiger partial charge in [0.15, 0.2) is 8.32 Å². The van der Waals surface area contributed by atoms with Crippen molar-refractivity contribution in [3.05, 3.63) is 11.6 Å². The SMILES string of the molecule is COC(=O)C1=C[C@@H]2O[C@@H]2[C@H]2C[C@H](CO[Si](C)(C)C(C)(C)C)O[C@@H]12. The Morgan fingerprint density at radius 3 is 2.65 bits per heavy atom. The standard InChI is InChI=1S/C17H28O5Si/c1-17(2,3)23(5,6)20-9-10-7-11-14(21-10)12(16(18)19-4)8-13-15(11)22-13/h8,10-11,13-15H,7,9H2,1-6H3/t10-,11+,13+,14-,15-/m1/s1. The van der Waals surface area contributed by atoms with Gasteiger partial charge in [-0.3, -0.25) is 0 Å². The number of hydrogen-bond acceptors (Lipinski definition) is 5. The van der Waals surface area contributed by atoms with Gasteiger partial charge in [0.05, 0.1) is 37.6 Å². The Kier molecular flexibility index (Phi) is 4.24. The van der Waals surface area contributed by atoms with E-state index in [0.717, 1.165) is 6.42 Å². The molecule has 0 aromatic carbocycles. The summed E-state index contributed by atoms with van der Waals surface area (Å²) in [5.74, 6) is -0.0629. The molecule has 0 amide bonds. The minimum absolute atomic E-state index is 0.0233. The zero-order valence-corrected chi connectivity index (χ0v) is 15.9. The molecule has 130 valence electrons. The molecule has 0 aromatic rings. The third kappa shape index (κ3) is 3.14. The van der Waals surface area contributed by atoms with Gasteiger partial charge in [0.25, 0.3) is 0 Å². The molecule has 0 unspecified atom stereocenters. The molecule has 2 aliphatic heterocycles. The van der Waals surface area contributed by atoms with E-state index in [1.165, 1.54) is 7.11 Å². The van der Waals surface area contributed by atoms with Crippen LogP contribution in [0.3, 0.4) is 0 Å². The van der Waals surface area contributed by atoms with Gasteiger partial charge in [-0.1, -0.05) is 20.8 Å². The number of fused-ring (bicyclic) bond motifs is 3. The van der Waals surface area contributed by atoms with Crippen LogP contribution in [0.2, 0.25) is 18.1 Å². The lowest BCUT2D eigenvalue weighted by molar-refractivity contribution is -0.138. The third-order valence-electron chi connectivity index (χ3n) is 5.75. The Bertz CT molecular complexity index is 522. The zero-order valence-electron chi connectivity index (χ0n) is 14.9. The number of epoxide rings is 1. The summed E-state index contributed by atoms with van der Waals surface area (Å²) in [7, 11) is -0.383. The van der Waals surface area contributed by atoms with Crippen molar-refractivity contribution < 1.29 is 23.4 Å². The average molecular weight is 340 g/mol. The lowest BCUT2D eigenvalue weighted by Gasteiger charge is -2.36. The smallest absolute Gasteiger partial charge is 0.336 e. The van der Waals surface area contributed by atoms with E-state index in [2.05, 4.69) is 33.9 Å². The predicted octanol–water partition coefficient (Wildman–Crippen LogP) is 2.66. The first-order valence-corrected chi connectivity index (χ1v) is 11.3. The Morgan fingerprint density at radius 2 is 2.04 bits per heavy atom. The molecule has 0 spiro atoms. The number of methoxy groups -OCH3 is 1. The van der Waals surface area contributed by atoms with Crippen LogP contribution in [-0.4, -0.2) is 52.4 Å². The number of ether oxygens (including phenoxy) is 3. The van der Waals surface area contributed by atoms with Crippen LogP contribution in [0, 0.1) is 5.92 Å². The van der Waals surface area contributed by atoms with E-state index in [1.807, 2.05) is 6.08 Å². The topological polar surface area (TPSA) is 57.3 Å². The molecule has 0 aromatic heterocycles. The molecular formula is C17H28O5Si. The average Bonchev–Trinajstić information content (AvgIpc) is 3.12. The molecule has 0 saturated carbocycles. The molecule has 3 aliphatic rings. The maximum absolute atomic E-state index is 12.0. The molecule has 6 heteroatoms. The van der Waals surface area contributed by atoms with Crippen LogP contribution in [0.1, 0.15) is 27.2 Å². The highest BCUT2D eigenvalue weighted by Gasteiger charge is 2.57. The second-order valence-corrected chi connectivity index (χ2v) is 13.1. The summed E-state index contributed by atoms with van der Waals surface area (Å²) in [6, 6.07) is 0. The van der Waals surface area contributed by atoms with Crippen LogP contribution in [0.15, 0.2) is 11.6 Å². The summed E-state index contributed by atoms with van der Waals surface area (Å²) >= 11 is 0. The first-order valence-electron chi connectivity index (χ1n) is 8.39. The van der Waals surface area contributed by atoms with Crippen molar-refractivity contribution in [1.82, 2.24) is 0 Å². The van der Waals surface area contributed by atoms with Crippen molar-refractivity contribution in [2.75, 3.05) is 13.7 Å². The van der Waals surface area contributed by atoms with Crippen LogP contribution in [-0.2, 0) is 23.4 Å². The summed E-state index contributed by atoms with van der Waals surface area (Å²) in [6.07, 6.45) is 2.83. The van der Waals surface area contributed by atoms with Crippen LogP contribution < -0.4 is 0 Å². The number of hydrogen-bond donors (Lipinski definition) is 0. The van der Waals surface area contributed by atoms with E-state index in [-0.39, 0.29) is 41.3 Å². The molecule has 2 heterocycles. The van der Waals surface area contributed by atoms with Gasteiger partial charge in [0.1, 0.15) is 6.10 Å². The third-order valence-corrected chi connectivity index (χ3v) is 10.3. The number of carbonyl (C=O) groups excluding carboxylic acids is 1. The summed E-state index contributed by atoms with van der Waals surface area (Å²) in [5, 5.41) is 0.181. The second kappa shape index (κ2) is 5.69. The fraction of sp³-hybridized carbons (Fsp3) is 0.824. The predicted molar refractivity (Wildman–Crippen MR) is 88.7 cm³/mol. The van der Waals surface area contributed by atoms with E-state index in [4.69, 9.17) is 18.6 Å². The van der Waals surface area contributed by atoms with Gasteiger partial charge in [-0.05, 0) is 30.6 Å². The lowest BCUT2D eigenvalue weighted by Crippen LogP contribution is -2.42. The molecule has 2 fully saturated rings. The highest BCUT2D eigenvalue weighted by Crippen LogP contribution is 2.48. The Hall–Kier alpha value is -0.693. The van der Waals surface area contributed by atoms with Gasteiger partial charge in [-0.25, -0.2) is 4.79 Å². The first-order chi connectivity index (χ1) is 10.6. The number of rotatable bonds is 4.